The van der Waals surface area contributed by atoms with E-state index in [0.29, 0.717) is 5.54 Å². The molecule has 118 valence electrons. The molecular formula is C18H36N2. The highest BCUT2D eigenvalue weighted by Crippen LogP contribution is 2.42. The van der Waals surface area contributed by atoms with Crippen molar-refractivity contribution in [2.45, 2.75) is 84.2 Å². The van der Waals surface area contributed by atoms with E-state index < -0.39 is 0 Å². The van der Waals surface area contributed by atoms with E-state index in [0.717, 1.165) is 17.9 Å². The summed E-state index contributed by atoms with van der Waals surface area (Å²) < 4.78 is 0. The van der Waals surface area contributed by atoms with Gasteiger partial charge in [-0.1, -0.05) is 46.5 Å². The van der Waals surface area contributed by atoms with Crippen LogP contribution in [0.1, 0.15) is 72.6 Å². The lowest BCUT2D eigenvalue weighted by molar-refractivity contribution is 0.0462. The number of nitrogens with one attached hydrogen (secondary N) is 1. The molecule has 3 unspecified atom stereocenters. The zero-order valence-corrected chi connectivity index (χ0v) is 14.3. The average molecular weight is 281 g/mol. The van der Waals surface area contributed by atoms with E-state index in [-0.39, 0.29) is 0 Å². The maximum absolute atomic E-state index is 3.91. The van der Waals surface area contributed by atoms with Crippen LogP contribution in [0.15, 0.2) is 0 Å². The Kier molecular flexibility index (Phi) is 5.92. The summed E-state index contributed by atoms with van der Waals surface area (Å²) in [5, 5.41) is 3.91. The fraction of sp³-hybridized carbons (Fsp3) is 1.00. The van der Waals surface area contributed by atoms with Crippen LogP contribution >= 0.6 is 0 Å². The Labute approximate surface area is 126 Å². The molecule has 2 heteroatoms. The highest BCUT2D eigenvalue weighted by atomic mass is 15.3. The van der Waals surface area contributed by atoms with E-state index in [9.17, 15) is 0 Å². The summed E-state index contributed by atoms with van der Waals surface area (Å²) in [4.78, 5) is 2.83. The molecule has 1 aliphatic carbocycles. The van der Waals surface area contributed by atoms with Gasteiger partial charge < -0.3 is 5.32 Å². The molecule has 2 nitrogen and oxygen atoms in total. The molecule has 2 rings (SSSR count). The molecule has 0 bridgehead atoms. The van der Waals surface area contributed by atoms with E-state index in [2.05, 4.69) is 37.9 Å². The third-order valence-electron chi connectivity index (χ3n) is 5.79. The van der Waals surface area contributed by atoms with Crippen molar-refractivity contribution in [3.8, 4) is 0 Å². The third-order valence-corrected chi connectivity index (χ3v) is 5.79. The van der Waals surface area contributed by atoms with E-state index in [1.807, 2.05) is 0 Å². The van der Waals surface area contributed by atoms with Gasteiger partial charge in [-0.05, 0) is 44.6 Å². The Balaban J connectivity index is 1.91. The third kappa shape index (κ3) is 3.98. The van der Waals surface area contributed by atoms with Gasteiger partial charge in [0.1, 0.15) is 0 Å². The van der Waals surface area contributed by atoms with Crippen molar-refractivity contribution in [3.05, 3.63) is 0 Å². The summed E-state index contributed by atoms with van der Waals surface area (Å²) in [6, 6.07) is 0.758. The first-order chi connectivity index (χ1) is 9.60. The molecule has 0 aromatic heterocycles. The van der Waals surface area contributed by atoms with Gasteiger partial charge in [0.15, 0.2) is 0 Å². The van der Waals surface area contributed by atoms with Crippen LogP contribution in [-0.4, -0.2) is 36.1 Å². The summed E-state index contributed by atoms with van der Waals surface area (Å²) in [7, 11) is 0. The molecule has 1 N–H and O–H groups in total. The smallest absolute Gasteiger partial charge is 0.0309 e. The topological polar surface area (TPSA) is 15.3 Å². The lowest BCUT2D eigenvalue weighted by Gasteiger charge is -2.48. The first-order valence-electron chi connectivity index (χ1n) is 9.09. The molecule has 0 aromatic carbocycles. The molecule has 2 aliphatic rings. The number of piperazine rings is 1. The molecule has 0 spiro atoms. The summed E-state index contributed by atoms with van der Waals surface area (Å²) >= 11 is 0. The van der Waals surface area contributed by atoms with Crippen LogP contribution in [0.5, 0.6) is 0 Å². The molecule has 0 amide bonds. The minimum atomic E-state index is 0.398. The summed E-state index contributed by atoms with van der Waals surface area (Å²) in [6.07, 6.45) is 9.74. The van der Waals surface area contributed by atoms with E-state index in [1.165, 1.54) is 64.6 Å². The standard InChI is InChI=1S/C18H36N2/c1-5-7-8-9-12-20-14-18(4,16-10-11-16)19-13-17(20)15(3)6-2/h15-17,19H,5-14H2,1-4H3. The van der Waals surface area contributed by atoms with Gasteiger partial charge in [0.05, 0.1) is 0 Å². The normalized spacial score (nSPS) is 33.3. The maximum atomic E-state index is 3.91. The Hall–Kier alpha value is -0.0800. The predicted octanol–water partition coefficient (Wildman–Crippen LogP) is 4.06. The molecule has 2 fully saturated rings. The van der Waals surface area contributed by atoms with Crippen molar-refractivity contribution in [2.24, 2.45) is 11.8 Å². The molecule has 0 aromatic rings. The number of nitrogens with zero attached hydrogens (tertiary/aromatic N) is 1. The molecule has 1 saturated carbocycles. The molecule has 1 aliphatic heterocycles. The Morgan fingerprint density at radius 2 is 1.95 bits per heavy atom. The lowest BCUT2D eigenvalue weighted by atomic mass is 9.86. The van der Waals surface area contributed by atoms with Gasteiger partial charge in [-0.15, -0.1) is 0 Å². The second kappa shape index (κ2) is 7.26. The van der Waals surface area contributed by atoms with Gasteiger partial charge in [-0.25, -0.2) is 0 Å². The number of hydrogen-bond acceptors (Lipinski definition) is 2. The summed E-state index contributed by atoms with van der Waals surface area (Å²) in [5.74, 6) is 1.76. The lowest BCUT2D eigenvalue weighted by Crippen LogP contribution is -2.65. The second-order valence-electron chi connectivity index (χ2n) is 7.56. The zero-order valence-electron chi connectivity index (χ0n) is 14.3. The molecule has 1 heterocycles. The van der Waals surface area contributed by atoms with Gasteiger partial charge in [0, 0.05) is 24.7 Å². The van der Waals surface area contributed by atoms with E-state index in [4.69, 9.17) is 0 Å². The quantitative estimate of drug-likeness (QED) is 0.675. The van der Waals surface area contributed by atoms with Crippen LogP contribution < -0.4 is 5.32 Å². The monoisotopic (exact) mass is 280 g/mol. The first-order valence-corrected chi connectivity index (χ1v) is 9.09. The van der Waals surface area contributed by atoms with Crippen molar-refractivity contribution >= 4 is 0 Å². The number of unbranched alkanes of at least 4 members (excludes halogenated alkanes) is 3. The fourth-order valence-electron chi connectivity index (χ4n) is 3.88. The van der Waals surface area contributed by atoms with Crippen LogP contribution in [0.3, 0.4) is 0 Å². The highest BCUT2D eigenvalue weighted by molar-refractivity contribution is 5.04. The van der Waals surface area contributed by atoms with Gasteiger partial charge in [0.2, 0.25) is 0 Å². The van der Waals surface area contributed by atoms with E-state index in [1.54, 1.807) is 0 Å². The largest absolute Gasteiger partial charge is 0.308 e. The van der Waals surface area contributed by atoms with Crippen LogP contribution in [0.4, 0.5) is 0 Å². The Morgan fingerprint density at radius 3 is 2.55 bits per heavy atom. The van der Waals surface area contributed by atoms with Crippen LogP contribution in [0.25, 0.3) is 0 Å². The van der Waals surface area contributed by atoms with Gasteiger partial charge >= 0.3 is 0 Å². The first kappa shape index (κ1) is 16.3. The number of rotatable bonds is 8. The average Bonchev–Trinajstić information content (AvgIpc) is 3.28. The molecule has 20 heavy (non-hydrogen) atoms. The van der Waals surface area contributed by atoms with Crippen LogP contribution in [-0.2, 0) is 0 Å². The number of hydrogen-bond donors (Lipinski definition) is 1. The molecule has 0 radical (unpaired) electrons. The summed E-state index contributed by atoms with van der Waals surface area (Å²) in [5.41, 5.74) is 0.398. The Morgan fingerprint density at radius 1 is 1.20 bits per heavy atom. The highest BCUT2D eigenvalue weighted by Gasteiger charge is 2.46. The maximum Gasteiger partial charge on any atom is 0.0309 e. The minimum Gasteiger partial charge on any atom is -0.308 e. The van der Waals surface area contributed by atoms with Gasteiger partial charge in [-0.3, -0.25) is 4.90 Å². The van der Waals surface area contributed by atoms with E-state index >= 15 is 0 Å². The second-order valence-corrected chi connectivity index (χ2v) is 7.56. The van der Waals surface area contributed by atoms with Crippen molar-refractivity contribution in [2.75, 3.05) is 19.6 Å². The van der Waals surface area contributed by atoms with Gasteiger partial charge in [-0.2, -0.15) is 0 Å². The SMILES string of the molecule is CCCCCCN1CC(C)(C2CC2)NCC1C(C)CC. The van der Waals surface area contributed by atoms with Crippen molar-refractivity contribution < 1.29 is 0 Å². The Bertz CT molecular complexity index is 287. The summed E-state index contributed by atoms with van der Waals surface area (Å²) in [6.45, 7) is 13.3. The van der Waals surface area contributed by atoms with Gasteiger partial charge in [0.25, 0.3) is 0 Å². The zero-order chi connectivity index (χ0) is 14.6. The molecule has 1 saturated heterocycles. The fourth-order valence-corrected chi connectivity index (χ4v) is 3.88. The minimum absolute atomic E-state index is 0.398. The van der Waals surface area contributed by atoms with Crippen molar-refractivity contribution in [1.82, 2.24) is 10.2 Å². The molecule has 3 atom stereocenters. The predicted molar refractivity (Wildman–Crippen MR) is 88.1 cm³/mol. The van der Waals surface area contributed by atoms with Crippen LogP contribution in [0.2, 0.25) is 0 Å². The van der Waals surface area contributed by atoms with Crippen molar-refractivity contribution in [3.63, 3.8) is 0 Å². The van der Waals surface area contributed by atoms with Crippen molar-refractivity contribution in [1.29, 1.82) is 0 Å². The molecular weight excluding hydrogens is 244 g/mol. The van der Waals surface area contributed by atoms with Crippen LogP contribution in [0, 0.1) is 11.8 Å².